The Labute approximate surface area is 91.1 Å². The highest BCUT2D eigenvalue weighted by Crippen LogP contribution is 2.34. The molecule has 14 heavy (non-hydrogen) atoms. The van der Waals surface area contributed by atoms with Gasteiger partial charge < -0.3 is 0 Å². The van der Waals surface area contributed by atoms with Gasteiger partial charge in [0.05, 0.1) is 0 Å². The summed E-state index contributed by atoms with van der Waals surface area (Å²) in [5.74, 6) is 2.03. The molecular formula is C13H18S. The molecule has 0 amide bonds. The van der Waals surface area contributed by atoms with Gasteiger partial charge in [-0.1, -0.05) is 31.9 Å². The van der Waals surface area contributed by atoms with Crippen molar-refractivity contribution in [3.05, 3.63) is 29.8 Å². The summed E-state index contributed by atoms with van der Waals surface area (Å²) in [6.07, 6.45) is 5.66. The molecule has 0 spiro atoms. The third-order valence-electron chi connectivity index (χ3n) is 3.02. The quantitative estimate of drug-likeness (QED) is 0.658. The van der Waals surface area contributed by atoms with E-state index in [1.54, 1.807) is 5.56 Å². The molecule has 1 aromatic carbocycles. The maximum Gasteiger partial charge on any atom is 0.00720 e. The SMILES string of the molecule is CCSc1ccc(C2CCCC2)cc1. The Bertz CT molecular complexity index is 270. The fraction of sp³-hybridized carbons (Fsp3) is 0.538. The van der Waals surface area contributed by atoms with Gasteiger partial charge in [0.15, 0.2) is 0 Å². The van der Waals surface area contributed by atoms with E-state index in [1.807, 2.05) is 11.8 Å². The van der Waals surface area contributed by atoms with Gasteiger partial charge in [0.1, 0.15) is 0 Å². The van der Waals surface area contributed by atoms with Crippen LogP contribution in [0.2, 0.25) is 0 Å². The molecule has 0 N–H and O–H groups in total. The summed E-state index contributed by atoms with van der Waals surface area (Å²) in [6, 6.07) is 9.21. The Morgan fingerprint density at radius 2 is 1.79 bits per heavy atom. The Hall–Kier alpha value is -0.430. The molecule has 1 fully saturated rings. The lowest BCUT2D eigenvalue weighted by atomic mass is 9.98. The van der Waals surface area contributed by atoms with E-state index >= 15 is 0 Å². The van der Waals surface area contributed by atoms with Crippen LogP contribution in [0.3, 0.4) is 0 Å². The molecule has 1 heteroatoms. The summed E-state index contributed by atoms with van der Waals surface area (Å²) in [5.41, 5.74) is 1.56. The molecule has 0 aromatic heterocycles. The number of hydrogen-bond acceptors (Lipinski definition) is 1. The van der Waals surface area contributed by atoms with Crippen molar-refractivity contribution >= 4 is 11.8 Å². The molecular weight excluding hydrogens is 188 g/mol. The number of hydrogen-bond donors (Lipinski definition) is 0. The van der Waals surface area contributed by atoms with Crippen LogP contribution in [-0.4, -0.2) is 5.75 Å². The first-order chi connectivity index (χ1) is 6.90. The van der Waals surface area contributed by atoms with Crippen LogP contribution in [0.4, 0.5) is 0 Å². The van der Waals surface area contributed by atoms with Crippen LogP contribution in [0, 0.1) is 0 Å². The van der Waals surface area contributed by atoms with Gasteiger partial charge in [0.2, 0.25) is 0 Å². The molecule has 1 aromatic rings. The molecule has 0 bridgehead atoms. The van der Waals surface area contributed by atoms with Gasteiger partial charge in [-0.2, -0.15) is 0 Å². The lowest BCUT2D eigenvalue weighted by Gasteiger charge is -2.09. The molecule has 0 saturated heterocycles. The van der Waals surface area contributed by atoms with Crippen LogP contribution in [0.5, 0.6) is 0 Å². The largest absolute Gasteiger partial charge is 0.126 e. The van der Waals surface area contributed by atoms with Gasteiger partial charge in [-0.05, 0) is 42.2 Å². The van der Waals surface area contributed by atoms with Gasteiger partial charge in [0, 0.05) is 4.90 Å². The summed E-state index contributed by atoms with van der Waals surface area (Å²) in [4.78, 5) is 1.41. The monoisotopic (exact) mass is 206 g/mol. The van der Waals surface area contributed by atoms with Crippen molar-refractivity contribution < 1.29 is 0 Å². The van der Waals surface area contributed by atoms with Crippen LogP contribution < -0.4 is 0 Å². The highest BCUT2D eigenvalue weighted by atomic mass is 32.2. The normalized spacial score (nSPS) is 17.5. The highest BCUT2D eigenvalue weighted by Gasteiger charge is 2.16. The summed E-state index contributed by atoms with van der Waals surface area (Å²) >= 11 is 1.93. The van der Waals surface area contributed by atoms with Crippen LogP contribution in [0.15, 0.2) is 29.2 Å². The van der Waals surface area contributed by atoms with Crippen LogP contribution in [-0.2, 0) is 0 Å². The van der Waals surface area contributed by atoms with E-state index in [-0.39, 0.29) is 0 Å². The third kappa shape index (κ3) is 2.33. The van der Waals surface area contributed by atoms with Crippen LogP contribution in [0.25, 0.3) is 0 Å². The van der Waals surface area contributed by atoms with Crippen LogP contribution in [0.1, 0.15) is 44.1 Å². The summed E-state index contributed by atoms with van der Waals surface area (Å²) in [5, 5.41) is 0. The minimum absolute atomic E-state index is 0.857. The van der Waals surface area contributed by atoms with E-state index in [2.05, 4.69) is 31.2 Å². The first-order valence-electron chi connectivity index (χ1n) is 5.63. The molecule has 0 radical (unpaired) electrons. The van der Waals surface area contributed by atoms with Gasteiger partial charge in [-0.15, -0.1) is 11.8 Å². The summed E-state index contributed by atoms with van der Waals surface area (Å²) in [6.45, 7) is 2.20. The zero-order valence-corrected chi connectivity index (χ0v) is 9.65. The lowest BCUT2D eigenvalue weighted by Crippen LogP contribution is -1.91. The Balaban J connectivity index is 2.05. The average Bonchev–Trinajstić information content (AvgIpc) is 2.72. The zero-order valence-electron chi connectivity index (χ0n) is 8.83. The molecule has 1 saturated carbocycles. The van der Waals surface area contributed by atoms with Gasteiger partial charge in [-0.3, -0.25) is 0 Å². The standard InChI is InChI=1S/C13H18S/c1-2-14-13-9-7-12(8-10-13)11-5-3-4-6-11/h7-11H,2-6H2,1H3. The van der Waals surface area contributed by atoms with Crippen molar-refractivity contribution in [2.45, 2.75) is 43.4 Å². The van der Waals surface area contributed by atoms with Crippen molar-refractivity contribution in [3.8, 4) is 0 Å². The fourth-order valence-corrected chi connectivity index (χ4v) is 2.92. The molecule has 0 unspecified atom stereocenters. The number of rotatable bonds is 3. The molecule has 2 rings (SSSR count). The predicted molar refractivity (Wildman–Crippen MR) is 64.0 cm³/mol. The smallest absolute Gasteiger partial charge is 0.00720 e. The first kappa shape index (κ1) is 10.1. The second kappa shape index (κ2) is 4.88. The topological polar surface area (TPSA) is 0 Å². The van der Waals surface area contributed by atoms with E-state index in [0.717, 1.165) is 5.92 Å². The van der Waals surface area contributed by atoms with E-state index in [9.17, 15) is 0 Å². The van der Waals surface area contributed by atoms with Crippen molar-refractivity contribution in [1.82, 2.24) is 0 Å². The molecule has 0 aliphatic heterocycles. The van der Waals surface area contributed by atoms with Gasteiger partial charge in [0.25, 0.3) is 0 Å². The van der Waals surface area contributed by atoms with Gasteiger partial charge in [-0.25, -0.2) is 0 Å². The third-order valence-corrected chi connectivity index (χ3v) is 3.91. The highest BCUT2D eigenvalue weighted by molar-refractivity contribution is 7.99. The fourth-order valence-electron chi connectivity index (χ4n) is 2.26. The second-order valence-corrected chi connectivity index (χ2v) is 5.32. The molecule has 0 atom stereocenters. The molecule has 0 nitrogen and oxygen atoms in total. The minimum atomic E-state index is 0.857. The average molecular weight is 206 g/mol. The molecule has 1 aliphatic carbocycles. The number of thioether (sulfide) groups is 1. The lowest BCUT2D eigenvalue weighted by molar-refractivity contribution is 0.722. The summed E-state index contributed by atoms with van der Waals surface area (Å²) in [7, 11) is 0. The predicted octanol–water partition coefficient (Wildman–Crippen LogP) is 4.46. The zero-order chi connectivity index (χ0) is 9.80. The second-order valence-electron chi connectivity index (χ2n) is 3.98. The van der Waals surface area contributed by atoms with Crippen molar-refractivity contribution in [2.75, 3.05) is 5.75 Å². The number of benzene rings is 1. The minimum Gasteiger partial charge on any atom is -0.126 e. The molecule has 76 valence electrons. The summed E-state index contributed by atoms with van der Waals surface area (Å²) < 4.78 is 0. The van der Waals surface area contributed by atoms with E-state index in [0.29, 0.717) is 0 Å². The molecule has 0 heterocycles. The van der Waals surface area contributed by atoms with Gasteiger partial charge >= 0.3 is 0 Å². The van der Waals surface area contributed by atoms with E-state index in [1.165, 1.54) is 36.3 Å². The maximum atomic E-state index is 2.33. The maximum absolute atomic E-state index is 2.33. The first-order valence-corrected chi connectivity index (χ1v) is 6.61. The van der Waals surface area contributed by atoms with Crippen LogP contribution >= 0.6 is 11.8 Å². The van der Waals surface area contributed by atoms with E-state index in [4.69, 9.17) is 0 Å². The van der Waals surface area contributed by atoms with Crippen molar-refractivity contribution in [2.24, 2.45) is 0 Å². The van der Waals surface area contributed by atoms with E-state index < -0.39 is 0 Å². The van der Waals surface area contributed by atoms with Crippen molar-refractivity contribution in [1.29, 1.82) is 0 Å². The Morgan fingerprint density at radius 3 is 2.36 bits per heavy atom. The molecule has 1 aliphatic rings. The Morgan fingerprint density at radius 1 is 1.14 bits per heavy atom. The Kier molecular flexibility index (Phi) is 3.52. The van der Waals surface area contributed by atoms with Crippen molar-refractivity contribution in [3.63, 3.8) is 0 Å².